The van der Waals surface area contributed by atoms with Crippen LogP contribution >= 0.6 is 0 Å². The van der Waals surface area contributed by atoms with Gasteiger partial charge in [-0.15, -0.1) is 0 Å². The molecule has 0 amide bonds. The van der Waals surface area contributed by atoms with E-state index < -0.39 is 8.07 Å². The van der Waals surface area contributed by atoms with Gasteiger partial charge in [0.25, 0.3) is 6.71 Å². The third-order valence-corrected chi connectivity index (χ3v) is 20.1. The van der Waals surface area contributed by atoms with E-state index in [1.165, 1.54) is 108 Å². The maximum absolute atomic E-state index is 2.86. The summed E-state index contributed by atoms with van der Waals surface area (Å²) in [6.07, 6.45) is 5.00. The molecule has 1 saturated carbocycles. The predicted octanol–water partition coefficient (Wildman–Crippen LogP) is 8.59. The van der Waals surface area contributed by atoms with Crippen LogP contribution in [0.25, 0.3) is 0 Å². The lowest BCUT2D eigenvalue weighted by Crippen LogP contribution is -2.74. The smallest absolute Gasteiger partial charge is 0.252 e. The summed E-state index contributed by atoms with van der Waals surface area (Å²) >= 11 is 0. The minimum absolute atomic E-state index is 0.00316. The molecule has 1 fully saturated rings. The molecule has 7 aromatic carbocycles. The van der Waals surface area contributed by atoms with Gasteiger partial charge >= 0.3 is 0 Å². The standard InChI is InChI=1S/C54H50BN3Si/c1-36(2)56-38-17-14-23-43(33-38)59(41-19-8-6-9-20-41,42-21-10-7-11-22-42)44-24-15-18-39(34-44)57-48-35-40(56)27-28-46(48)55-47-26-16-25-45-52(47)58(50-32-37(3)31-49(57)51(50)55)54(5)30-13-12-29-53(45,54)4/h6-11,14-28,31-36H,12-13,29-30H2,1-5H3. The van der Waals surface area contributed by atoms with E-state index in [9.17, 15) is 0 Å². The SMILES string of the molecule is Cc1cc2c3c(c1)N1c4c(cccc4C4(C)CCCCC14C)B3c1ccc3cc1N2c1cccc(c1)[Si](c1ccccc1)(c1ccccc1)c1cccc(c1)N3C(C)C. The number of hydrogen-bond acceptors (Lipinski definition) is 3. The molecule has 0 saturated heterocycles. The Kier molecular flexibility index (Phi) is 7.38. The second-order valence-corrected chi connectivity index (χ2v) is 22.5. The third-order valence-electron chi connectivity index (χ3n) is 15.4. The second-order valence-electron chi connectivity index (χ2n) is 18.7. The summed E-state index contributed by atoms with van der Waals surface area (Å²) in [5.41, 5.74) is 16.4. The second kappa shape index (κ2) is 12.4. The lowest BCUT2D eigenvalue weighted by Gasteiger charge is -2.53. The van der Waals surface area contributed by atoms with Crippen LogP contribution in [0.15, 0.2) is 158 Å². The summed E-state index contributed by atoms with van der Waals surface area (Å²) in [4.78, 5) is 8.07. The van der Waals surface area contributed by atoms with Crippen molar-refractivity contribution in [3.8, 4) is 0 Å². The van der Waals surface area contributed by atoms with Gasteiger partial charge in [0.15, 0.2) is 8.07 Å². The average molecular weight is 780 g/mol. The zero-order chi connectivity index (χ0) is 39.8. The van der Waals surface area contributed by atoms with Gasteiger partial charge in [0, 0.05) is 51.3 Å². The van der Waals surface area contributed by atoms with Crippen LogP contribution in [0.3, 0.4) is 0 Å². The van der Waals surface area contributed by atoms with E-state index in [1.54, 1.807) is 5.56 Å². The number of fused-ring (bicyclic) bond motifs is 13. The predicted molar refractivity (Wildman–Crippen MR) is 254 cm³/mol. The van der Waals surface area contributed by atoms with E-state index in [4.69, 9.17) is 0 Å². The zero-order valence-corrected chi connectivity index (χ0v) is 35.8. The van der Waals surface area contributed by atoms with Gasteiger partial charge in [0.2, 0.25) is 0 Å². The van der Waals surface area contributed by atoms with E-state index in [-0.39, 0.29) is 23.7 Å². The first kappa shape index (κ1) is 35.2. The molecule has 5 heteroatoms. The first-order valence-corrected chi connectivity index (χ1v) is 23.9. The Hall–Kier alpha value is -5.78. The highest BCUT2D eigenvalue weighted by molar-refractivity contribution is 7.20. The number of rotatable bonds is 3. The lowest BCUT2D eigenvalue weighted by atomic mass is 9.33. The highest BCUT2D eigenvalue weighted by Gasteiger charge is 2.61. The molecule has 12 rings (SSSR count). The molecule has 4 heterocycles. The van der Waals surface area contributed by atoms with Gasteiger partial charge in [0.05, 0.1) is 5.54 Å². The van der Waals surface area contributed by atoms with Crippen molar-refractivity contribution >= 4 is 91.7 Å². The first-order chi connectivity index (χ1) is 28.7. The van der Waals surface area contributed by atoms with Crippen LogP contribution in [-0.2, 0) is 5.41 Å². The molecule has 0 spiro atoms. The number of anilines is 7. The van der Waals surface area contributed by atoms with Crippen LogP contribution in [0.5, 0.6) is 0 Å². The Morgan fingerprint density at radius 1 is 0.559 bits per heavy atom. The van der Waals surface area contributed by atoms with Gasteiger partial charge < -0.3 is 14.7 Å². The van der Waals surface area contributed by atoms with Crippen LogP contribution in [0, 0.1) is 6.92 Å². The van der Waals surface area contributed by atoms with Crippen LogP contribution in [0.2, 0.25) is 0 Å². The Morgan fingerprint density at radius 3 is 1.88 bits per heavy atom. The van der Waals surface area contributed by atoms with Gasteiger partial charge in [-0.05, 0) is 137 Å². The summed E-state index contributed by atoms with van der Waals surface area (Å²) in [6, 6.07) is 62.0. The van der Waals surface area contributed by atoms with Gasteiger partial charge in [0.1, 0.15) is 0 Å². The van der Waals surface area contributed by atoms with Crippen molar-refractivity contribution in [2.75, 3.05) is 14.7 Å². The number of aryl methyl sites for hydroxylation is 1. The van der Waals surface area contributed by atoms with Gasteiger partial charge in [-0.2, -0.15) is 0 Å². The summed E-state index contributed by atoms with van der Waals surface area (Å²) in [6.45, 7) is 12.3. The van der Waals surface area contributed by atoms with Crippen molar-refractivity contribution < 1.29 is 0 Å². The largest absolute Gasteiger partial charge is 0.339 e. The van der Waals surface area contributed by atoms with Gasteiger partial charge in [-0.3, -0.25) is 0 Å². The van der Waals surface area contributed by atoms with Crippen LogP contribution < -0.4 is 51.8 Å². The molecule has 2 atom stereocenters. The summed E-state index contributed by atoms with van der Waals surface area (Å²) < 4.78 is 0. The summed E-state index contributed by atoms with van der Waals surface area (Å²) in [5, 5.41) is 5.57. The lowest BCUT2D eigenvalue weighted by molar-refractivity contribution is 0.195. The van der Waals surface area contributed by atoms with Gasteiger partial charge in [-0.25, -0.2) is 0 Å². The Labute approximate surface area is 351 Å². The molecule has 4 aliphatic heterocycles. The monoisotopic (exact) mass is 779 g/mol. The minimum Gasteiger partial charge on any atom is -0.339 e. The van der Waals surface area contributed by atoms with E-state index in [2.05, 4.69) is 207 Å². The molecule has 59 heavy (non-hydrogen) atoms. The van der Waals surface area contributed by atoms with E-state index in [0.717, 1.165) is 0 Å². The highest BCUT2D eigenvalue weighted by Crippen LogP contribution is 2.61. The van der Waals surface area contributed by atoms with E-state index >= 15 is 0 Å². The quantitative estimate of drug-likeness (QED) is 0.167. The maximum atomic E-state index is 2.85. The molecule has 2 unspecified atom stereocenters. The third kappa shape index (κ3) is 4.49. The fourth-order valence-corrected chi connectivity index (χ4v) is 17.5. The molecule has 0 radical (unpaired) electrons. The summed E-state index contributed by atoms with van der Waals surface area (Å²) in [7, 11) is -2.86. The zero-order valence-electron chi connectivity index (χ0n) is 34.8. The molecule has 1 aliphatic carbocycles. The minimum atomic E-state index is -2.86. The maximum Gasteiger partial charge on any atom is 0.252 e. The van der Waals surface area contributed by atoms with Crippen molar-refractivity contribution in [2.45, 2.75) is 77.3 Å². The number of benzene rings is 7. The summed E-state index contributed by atoms with van der Waals surface area (Å²) in [5.74, 6) is 0. The van der Waals surface area contributed by atoms with Crippen molar-refractivity contribution in [2.24, 2.45) is 0 Å². The Bertz CT molecular complexity index is 2810. The van der Waals surface area contributed by atoms with Crippen LogP contribution in [0.4, 0.5) is 39.8 Å². The highest BCUT2D eigenvalue weighted by atomic mass is 28.3. The molecule has 0 N–H and O–H groups in total. The first-order valence-electron chi connectivity index (χ1n) is 21.9. The molecule has 3 nitrogen and oxygen atoms in total. The van der Waals surface area contributed by atoms with Crippen LogP contribution in [0.1, 0.15) is 64.5 Å². The van der Waals surface area contributed by atoms with Crippen LogP contribution in [-0.4, -0.2) is 26.4 Å². The molecule has 288 valence electrons. The molecule has 5 aliphatic rings. The molecular weight excluding hydrogens is 730 g/mol. The van der Waals surface area contributed by atoms with Crippen molar-refractivity contribution in [1.82, 2.24) is 0 Å². The molecule has 0 aromatic heterocycles. The Balaban J connectivity index is 1.21. The molecule has 6 bridgehead atoms. The van der Waals surface area contributed by atoms with Crippen molar-refractivity contribution in [3.63, 3.8) is 0 Å². The number of hydrogen-bond donors (Lipinski definition) is 0. The Morgan fingerprint density at radius 2 is 1.17 bits per heavy atom. The number of para-hydroxylation sites is 1. The fourth-order valence-electron chi connectivity index (χ4n) is 12.7. The molecule has 7 aromatic rings. The average Bonchev–Trinajstić information content (AvgIpc) is 3.47. The number of nitrogens with zero attached hydrogens (tertiary/aromatic N) is 3. The van der Waals surface area contributed by atoms with E-state index in [1.807, 2.05) is 0 Å². The van der Waals surface area contributed by atoms with Gasteiger partial charge in [-0.1, -0.05) is 129 Å². The van der Waals surface area contributed by atoms with E-state index in [0.29, 0.717) is 0 Å². The van der Waals surface area contributed by atoms with Crippen molar-refractivity contribution in [1.29, 1.82) is 0 Å². The molecular formula is C54H50BN3Si. The van der Waals surface area contributed by atoms with Crippen molar-refractivity contribution in [3.05, 3.63) is 169 Å². The topological polar surface area (TPSA) is 9.72 Å². The fraction of sp³-hybridized carbons (Fsp3) is 0.222. The normalized spacial score (nSPS) is 21.3.